The highest BCUT2D eigenvalue weighted by atomic mass is 15.1. The van der Waals surface area contributed by atoms with E-state index in [1.54, 1.807) is 0 Å². The molecule has 1 radical (unpaired) electrons. The Balaban J connectivity index is 2.86. The van der Waals surface area contributed by atoms with Crippen molar-refractivity contribution in [1.82, 2.24) is 4.90 Å². The maximum atomic E-state index is 2.12. The van der Waals surface area contributed by atoms with Gasteiger partial charge in [-0.25, -0.2) is 0 Å². The molecule has 0 aliphatic carbocycles. The molecular weight excluding hydrogens is 148 g/mol. The molecule has 0 fully saturated rings. The van der Waals surface area contributed by atoms with Gasteiger partial charge in [0, 0.05) is 31.9 Å². The Kier molecular flexibility index (Phi) is 2.71. The molecule has 0 atom stereocenters. The van der Waals surface area contributed by atoms with E-state index in [-0.39, 0.29) is 0 Å². The van der Waals surface area contributed by atoms with Gasteiger partial charge in [0.2, 0.25) is 0 Å². The molecule has 0 aromatic heterocycles. The van der Waals surface area contributed by atoms with Gasteiger partial charge in [-0.2, -0.15) is 0 Å². The van der Waals surface area contributed by atoms with Gasteiger partial charge in [0.05, 0.1) is 0 Å². The summed E-state index contributed by atoms with van der Waals surface area (Å²) in [6, 6.07) is 8.48. The average molecular weight is 164 g/mol. The Hall–Kier alpha value is -1.02. The molecule has 0 saturated heterocycles. The standard InChI is InChI=1S/C10H16N2/c1-11(2)9-5-7-10(8-6-9)12(3)4/h5-8H,1-4H3/q+1. The topological polar surface area (TPSA) is 9.14 Å². The van der Waals surface area contributed by atoms with Crippen LogP contribution in [-0.4, -0.2) is 28.2 Å². The van der Waals surface area contributed by atoms with Gasteiger partial charge in [-0.05, 0) is 12.1 Å². The van der Waals surface area contributed by atoms with Crippen LogP contribution in [0, 0.1) is 0 Å². The van der Waals surface area contributed by atoms with E-state index < -0.39 is 0 Å². The van der Waals surface area contributed by atoms with Crippen LogP contribution in [0.3, 0.4) is 0 Å². The molecule has 1 rings (SSSR count). The largest absolute Gasteiger partial charge is 0.378 e. The van der Waals surface area contributed by atoms with Crippen molar-refractivity contribution < 1.29 is 0 Å². The molecule has 65 valence electrons. The fourth-order valence-electron chi connectivity index (χ4n) is 1.05. The van der Waals surface area contributed by atoms with Crippen molar-refractivity contribution in [3.63, 3.8) is 0 Å². The molecule has 1 aromatic carbocycles. The zero-order valence-electron chi connectivity index (χ0n) is 8.20. The summed E-state index contributed by atoms with van der Waals surface area (Å²) in [6.45, 7) is 0. The first-order valence-corrected chi connectivity index (χ1v) is 4.06. The van der Waals surface area contributed by atoms with Crippen molar-refractivity contribution >= 4 is 11.4 Å². The zero-order chi connectivity index (χ0) is 9.14. The van der Waals surface area contributed by atoms with Crippen LogP contribution in [0.2, 0.25) is 0 Å². The van der Waals surface area contributed by atoms with E-state index in [1.165, 1.54) is 11.4 Å². The summed E-state index contributed by atoms with van der Waals surface area (Å²) in [5.74, 6) is 0. The van der Waals surface area contributed by atoms with E-state index in [9.17, 15) is 0 Å². The Morgan fingerprint density at radius 3 is 1.83 bits per heavy atom. The van der Waals surface area contributed by atoms with Gasteiger partial charge in [0.15, 0.2) is 5.69 Å². The molecule has 2 nitrogen and oxygen atoms in total. The molecule has 0 heterocycles. The lowest BCUT2D eigenvalue weighted by Gasteiger charge is -2.11. The van der Waals surface area contributed by atoms with E-state index >= 15 is 0 Å². The molecular formula is C10H16N2+. The lowest BCUT2D eigenvalue weighted by molar-refractivity contribution is 0.762. The molecule has 0 amide bonds. The van der Waals surface area contributed by atoms with Crippen molar-refractivity contribution in [3.8, 4) is 0 Å². The van der Waals surface area contributed by atoms with E-state index in [4.69, 9.17) is 0 Å². The highest BCUT2D eigenvalue weighted by Crippen LogP contribution is 2.16. The van der Waals surface area contributed by atoms with Crippen molar-refractivity contribution in [2.75, 3.05) is 33.1 Å². The van der Waals surface area contributed by atoms with Crippen molar-refractivity contribution in [1.29, 1.82) is 0 Å². The third-order valence-corrected chi connectivity index (χ3v) is 1.88. The van der Waals surface area contributed by atoms with Crippen molar-refractivity contribution in [2.24, 2.45) is 0 Å². The van der Waals surface area contributed by atoms with E-state index in [0.717, 1.165) is 0 Å². The summed E-state index contributed by atoms with van der Waals surface area (Å²) in [5, 5.41) is 0. The number of anilines is 2. The minimum atomic E-state index is 1.24. The van der Waals surface area contributed by atoms with Gasteiger partial charge in [-0.15, -0.1) is 4.90 Å². The predicted octanol–water partition coefficient (Wildman–Crippen LogP) is 1.78. The van der Waals surface area contributed by atoms with Crippen molar-refractivity contribution in [3.05, 3.63) is 24.3 Å². The van der Waals surface area contributed by atoms with Gasteiger partial charge >= 0.3 is 0 Å². The first kappa shape index (κ1) is 9.07. The van der Waals surface area contributed by atoms with Crippen LogP contribution in [0.5, 0.6) is 0 Å². The average Bonchev–Trinajstić information content (AvgIpc) is 2.04. The zero-order valence-corrected chi connectivity index (χ0v) is 8.20. The van der Waals surface area contributed by atoms with Crippen LogP contribution in [0.15, 0.2) is 24.3 Å². The molecule has 0 spiro atoms. The number of benzene rings is 1. The third-order valence-electron chi connectivity index (χ3n) is 1.88. The molecule has 0 aliphatic rings. The maximum absolute atomic E-state index is 2.12. The van der Waals surface area contributed by atoms with Gasteiger partial charge in [-0.1, -0.05) is 0 Å². The first-order chi connectivity index (χ1) is 5.61. The molecule has 0 unspecified atom stereocenters. The van der Waals surface area contributed by atoms with Crippen LogP contribution in [0.25, 0.3) is 0 Å². The van der Waals surface area contributed by atoms with E-state index in [2.05, 4.69) is 34.1 Å². The van der Waals surface area contributed by atoms with Crippen LogP contribution >= 0.6 is 0 Å². The molecule has 1 aromatic rings. The fraction of sp³-hybridized carbons (Fsp3) is 0.400. The van der Waals surface area contributed by atoms with E-state index in [1.807, 2.05) is 28.2 Å². The number of hydrogen-bond donors (Lipinski definition) is 0. The third kappa shape index (κ3) is 1.98. The Morgan fingerprint density at radius 2 is 1.50 bits per heavy atom. The second-order valence-electron chi connectivity index (χ2n) is 3.31. The lowest BCUT2D eigenvalue weighted by atomic mass is 10.2. The summed E-state index contributed by atoms with van der Waals surface area (Å²) in [7, 11) is 8.19. The van der Waals surface area contributed by atoms with Crippen LogP contribution in [0.1, 0.15) is 0 Å². The number of rotatable bonds is 2. The van der Waals surface area contributed by atoms with Gasteiger partial charge < -0.3 is 4.90 Å². The Bertz CT molecular complexity index is 210. The summed E-state index contributed by atoms with van der Waals surface area (Å²) in [6.07, 6.45) is 0. The molecule has 2 heteroatoms. The Morgan fingerprint density at radius 1 is 1.00 bits per heavy atom. The second-order valence-corrected chi connectivity index (χ2v) is 3.31. The first-order valence-electron chi connectivity index (χ1n) is 4.06. The predicted molar refractivity (Wildman–Crippen MR) is 54.4 cm³/mol. The minimum Gasteiger partial charge on any atom is -0.378 e. The van der Waals surface area contributed by atoms with Crippen LogP contribution < -0.4 is 9.80 Å². The number of hydrogen-bond acceptors (Lipinski definition) is 2. The summed E-state index contributed by atoms with van der Waals surface area (Å²) >= 11 is 0. The SMILES string of the molecule is CN(C)c1ccc([N+](C)C)cc1. The van der Waals surface area contributed by atoms with Crippen LogP contribution in [-0.2, 0) is 0 Å². The second kappa shape index (κ2) is 3.59. The fourth-order valence-corrected chi connectivity index (χ4v) is 1.05. The van der Waals surface area contributed by atoms with Crippen LogP contribution in [0.4, 0.5) is 11.4 Å². The molecule has 0 aliphatic heterocycles. The highest BCUT2D eigenvalue weighted by molar-refractivity contribution is 5.52. The van der Waals surface area contributed by atoms with Gasteiger partial charge in [0.1, 0.15) is 14.1 Å². The maximum Gasteiger partial charge on any atom is 0.180 e. The smallest absolute Gasteiger partial charge is 0.180 e. The summed E-state index contributed by atoms with van der Waals surface area (Å²) < 4.78 is 0. The Labute approximate surface area is 74.4 Å². The summed E-state index contributed by atoms with van der Waals surface area (Å²) in [5.41, 5.74) is 2.47. The quantitative estimate of drug-likeness (QED) is 0.605. The monoisotopic (exact) mass is 164 g/mol. The van der Waals surface area contributed by atoms with Gasteiger partial charge in [-0.3, -0.25) is 0 Å². The molecule has 0 N–H and O–H groups in total. The summed E-state index contributed by atoms with van der Waals surface area (Å²) in [4.78, 5) is 4.19. The normalized spacial score (nSPS) is 10.4. The molecule has 12 heavy (non-hydrogen) atoms. The lowest BCUT2D eigenvalue weighted by Crippen LogP contribution is -2.11. The number of nitrogens with zero attached hydrogens (tertiary/aromatic N) is 2. The molecule has 0 saturated carbocycles. The van der Waals surface area contributed by atoms with Gasteiger partial charge in [0.25, 0.3) is 0 Å². The molecule has 0 bridgehead atoms. The minimum absolute atomic E-state index is 1.24. The highest BCUT2D eigenvalue weighted by Gasteiger charge is 2.04. The van der Waals surface area contributed by atoms with Crippen molar-refractivity contribution in [2.45, 2.75) is 0 Å². The van der Waals surface area contributed by atoms with E-state index in [0.29, 0.717) is 0 Å².